The van der Waals surface area contributed by atoms with E-state index < -0.39 is 5.82 Å². The number of para-hydroxylation sites is 1. The molecule has 25 heavy (non-hydrogen) atoms. The summed E-state index contributed by atoms with van der Waals surface area (Å²) in [5.41, 5.74) is 9.28. The van der Waals surface area contributed by atoms with Crippen molar-refractivity contribution < 1.29 is 4.39 Å². The topological polar surface area (TPSA) is 76.7 Å². The summed E-state index contributed by atoms with van der Waals surface area (Å²) >= 11 is 0. The third-order valence-corrected chi connectivity index (χ3v) is 3.87. The van der Waals surface area contributed by atoms with Crippen molar-refractivity contribution in [3.63, 3.8) is 0 Å². The van der Waals surface area contributed by atoms with E-state index in [2.05, 4.69) is 20.3 Å². The first-order valence-corrected chi connectivity index (χ1v) is 7.69. The number of nitrogens with zero attached hydrogens (tertiary/aromatic N) is 3. The van der Waals surface area contributed by atoms with Gasteiger partial charge in [0.1, 0.15) is 17.2 Å². The van der Waals surface area contributed by atoms with Crippen LogP contribution < -0.4 is 11.1 Å². The molecule has 0 aliphatic rings. The molecule has 5 nitrogen and oxygen atoms in total. The van der Waals surface area contributed by atoms with Crippen LogP contribution in [0.25, 0.3) is 22.0 Å². The van der Waals surface area contributed by atoms with Crippen molar-refractivity contribution in [2.24, 2.45) is 0 Å². The molecule has 0 saturated heterocycles. The fourth-order valence-corrected chi connectivity index (χ4v) is 2.69. The Morgan fingerprint density at radius 2 is 1.72 bits per heavy atom. The van der Waals surface area contributed by atoms with E-state index in [0.717, 1.165) is 22.7 Å². The average Bonchev–Trinajstić information content (AvgIpc) is 2.65. The summed E-state index contributed by atoms with van der Waals surface area (Å²) in [6, 6.07) is 14.4. The standard InChI is InChI=1S/C19H14FN5/c20-12-7-8-17(23-10-12)25-19-18-14(5-3-9-22-18)15(11-24-19)13-4-1-2-6-16(13)21/h1-11H,21H2,(H,23,24,25). The third kappa shape index (κ3) is 2.85. The fourth-order valence-electron chi connectivity index (χ4n) is 2.69. The number of nitrogen functional groups attached to an aromatic ring is 1. The number of hydrogen-bond acceptors (Lipinski definition) is 5. The van der Waals surface area contributed by atoms with Gasteiger partial charge in [0.15, 0.2) is 5.82 Å². The van der Waals surface area contributed by atoms with Gasteiger partial charge in [-0.05, 0) is 24.3 Å². The molecule has 3 N–H and O–H groups in total. The van der Waals surface area contributed by atoms with Crippen LogP contribution in [-0.4, -0.2) is 15.0 Å². The third-order valence-electron chi connectivity index (χ3n) is 3.87. The van der Waals surface area contributed by atoms with Crippen molar-refractivity contribution in [1.82, 2.24) is 15.0 Å². The second kappa shape index (κ2) is 6.16. The Morgan fingerprint density at radius 3 is 2.52 bits per heavy atom. The summed E-state index contributed by atoms with van der Waals surface area (Å²) in [4.78, 5) is 12.9. The monoisotopic (exact) mass is 331 g/mol. The first-order valence-electron chi connectivity index (χ1n) is 7.69. The number of nitrogens with two attached hydrogens (primary N) is 1. The van der Waals surface area contributed by atoms with Crippen molar-refractivity contribution >= 4 is 28.2 Å². The van der Waals surface area contributed by atoms with Gasteiger partial charge in [0.25, 0.3) is 0 Å². The highest BCUT2D eigenvalue weighted by atomic mass is 19.1. The Morgan fingerprint density at radius 1 is 0.840 bits per heavy atom. The lowest BCUT2D eigenvalue weighted by molar-refractivity contribution is 0.622. The molecule has 3 heterocycles. The fraction of sp³-hybridized carbons (Fsp3) is 0. The van der Waals surface area contributed by atoms with Crippen LogP contribution in [0.2, 0.25) is 0 Å². The summed E-state index contributed by atoms with van der Waals surface area (Å²) in [6.45, 7) is 0. The number of halogens is 1. The SMILES string of the molecule is Nc1ccccc1-c1cnc(Nc2ccc(F)cn2)c2ncccc12. The Labute approximate surface area is 143 Å². The molecule has 0 aliphatic carbocycles. The minimum atomic E-state index is -0.392. The smallest absolute Gasteiger partial charge is 0.158 e. The Balaban J connectivity index is 1.85. The Hall–Kier alpha value is -3.54. The van der Waals surface area contributed by atoms with E-state index in [4.69, 9.17) is 5.73 Å². The highest BCUT2D eigenvalue weighted by Crippen LogP contribution is 2.33. The van der Waals surface area contributed by atoms with Gasteiger partial charge in [-0.2, -0.15) is 0 Å². The van der Waals surface area contributed by atoms with Crippen LogP contribution in [0.5, 0.6) is 0 Å². The molecule has 0 unspecified atom stereocenters. The molecule has 0 radical (unpaired) electrons. The molecule has 3 aromatic heterocycles. The summed E-state index contributed by atoms with van der Waals surface area (Å²) in [7, 11) is 0. The first kappa shape index (κ1) is 15.0. The Bertz CT molecular complexity index is 1050. The van der Waals surface area contributed by atoms with Crippen LogP contribution >= 0.6 is 0 Å². The predicted octanol–water partition coefficient (Wildman–Crippen LogP) is 4.16. The lowest BCUT2D eigenvalue weighted by Gasteiger charge is -2.12. The number of rotatable bonds is 3. The van der Waals surface area contributed by atoms with E-state index in [-0.39, 0.29) is 0 Å². The minimum Gasteiger partial charge on any atom is -0.398 e. The zero-order valence-electron chi connectivity index (χ0n) is 13.1. The molecule has 0 atom stereocenters. The molecule has 4 aromatic rings. The lowest BCUT2D eigenvalue weighted by atomic mass is 10.0. The van der Waals surface area contributed by atoms with Gasteiger partial charge >= 0.3 is 0 Å². The molecular formula is C19H14FN5. The van der Waals surface area contributed by atoms with Gasteiger partial charge in [0.2, 0.25) is 0 Å². The van der Waals surface area contributed by atoms with Gasteiger partial charge in [-0.15, -0.1) is 0 Å². The van der Waals surface area contributed by atoms with Crippen LogP contribution in [0.4, 0.5) is 21.7 Å². The number of aromatic nitrogens is 3. The Kier molecular flexibility index (Phi) is 3.70. The van der Waals surface area contributed by atoms with E-state index in [9.17, 15) is 4.39 Å². The molecule has 0 fully saturated rings. The van der Waals surface area contributed by atoms with Gasteiger partial charge < -0.3 is 11.1 Å². The van der Waals surface area contributed by atoms with Crippen LogP contribution in [0.1, 0.15) is 0 Å². The number of hydrogen-bond donors (Lipinski definition) is 2. The lowest BCUT2D eigenvalue weighted by Crippen LogP contribution is -2.00. The summed E-state index contributed by atoms with van der Waals surface area (Å²) < 4.78 is 13.0. The van der Waals surface area contributed by atoms with Crippen LogP contribution in [0.15, 0.2) is 67.1 Å². The molecule has 0 bridgehead atoms. The molecule has 122 valence electrons. The van der Waals surface area contributed by atoms with E-state index in [0.29, 0.717) is 22.8 Å². The summed E-state index contributed by atoms with van der Waals surface area (Å²) in [6.07, 6.45) is 4.60. The normalized spacial score (nSPS) is 10.8. The molecule has 0 aliphatic heterocycles. The maximum absolute atomic E-state index is 13.0. The van der Waals surface area contributed by atoms with Crippen molar-refractivity contribution in [2.75, 3.05) is 11.1 Å². The van der Waals surface area contributed by atoms with Crippen LogP contribution in [0, 0.1) is 5.82 Å². The highest BCUT2D eigenvalue weighted by Gasteiger charge is 2.12. The number of pyridine rings is 3. The van der Waals surface area contributed by atoms with Gasteiger partial charge in [-0.1, -0.05) is 24.3 Å². The van der Waals surface area contributed by atoms with Gasteiger partial charge in [0, 0.05) is 34.6 Å². The molecule has 0 spiro atoms. The molecular weight excluding hydrogens is 317 g/mol. The van der Waals surface area contributed by atoms with Crippen molar-refractivity contribution in [2.45, 2.75) is 0 Å². The summed E-state index contributed by atoms with van der Waals surface area (Å²) in [5, 5.41) is 4.00. The van der Waals surface area contributed by atoms with Crippen molar-refractivity contribution in [3.05, 3.63) is 72.9 Å². The molecule has 6 heteroatoms. The second-order valence-corrected chi connectivity index (χ2v) is 5.49. The molecule has 1 aromatic carbocycles. The minimum absolute atomic E-state index is 0.392. The molecule has 0 amide bonds. The van der Waals surface area contributed by atoms with E-state index in [1.807, 2.05) is 36.4 Å². The largest absolute Gasteiger partial charge is 0.398 e. The second-order valence-electron chi connectivity index (χ2n) is 5.49. The molecule has 4 rings (SSSR count). The number of fused-ring (bicyclic) bond motifs is 1. The van der Waals surface area contributed by atoms with E-state index >= 15 is 0 Å². The van der Waals surface area contributed by atoms with Gasteiger partial charge in [-0.25, -0.2) is 14.4 Å². The van der Waals surface area contributed by atoms with Gasteiger partial charge in [-0.3, -0.25) is 4.98 Å². The first-order chi connectivity index (χ1) is 12.2. The molecule has 0 saturated carbocycles. The number of benzene rings is 1. The van der Waals surface area contributed by atoms with E-state index in [1.54, 1.807) is 18.5 Å². The predicted molar refractivity (Wildman–Crippen MR) is 96.9 cm³/mol. The zero-order chi connectivity index (χ0) is 17.2. The highest BCUT2D eigenvalue weighted by molar-refractivity contribution is 6.01. The maximum Gasteiger partial charge on any atom is 0.158 e. The average molecular weight is 331 g/mol. The van der Waals surface area contributed by atoms with Crippen LogP contribution in [0.3, 0.4) is 0 Å². The summed E-state index contributed by atoms with van der Waals surface area (Å²) in [5.74, 6) is 0.650. The quantitative estimate of drug-likeness (QED) is 0.551. The maximum atomic E-state index is 13.0. The number of nitrogens with one attached hydrogen (secondary N) is 1. The van der Waals surface area contributed by atoms with Crippen molar-refractivity contribution in [1.29, 1.82) is 0 Å². The number of anilines is 3. The van der Waals surface area contributed by atoms with Crippen LogP contribution in [-0.2, 0) is 0 Å². The van der Waals surface area contributed by atoms with Crippen molar-refractivity contribution in [3.8, 4) is 11.1 Å². The van der Waals surface area contributed by atoms with E-state index in [1.165, 1.54) is 6.07 Å². The zero-order valence-corrected chi connectivity index (χ0v) is 13.1. The van der Waals surface area contributed by atoms with Gasteiger partial charge in [0.05, 0.1) is 6.20 Å².